The Balaban J connectivity index is 1.44. The molecule has 2 aliphatic rings. The minimum Gasteiger partial charge on any atom is -0.486 e. The summed E-state index contributed by atoms with van der Waals surface area (Å²) in [6, 6.07) is 12.7. The molecule has 25 heavy (non-hydrogen) atoms. The highest BCUT2D eigenvalue weighted by Gasteiger charge is 2.23. The first-order chi connectivity index (χ1) is 12.1. The number of sulfonamides is 1. The first kappa shape index (κ1) is 16.4. The van der Waals surface area contributed by atoms with E-state index < -0.39 is 10.0 Å². The van der Waals surface area contributed by atoms with Gasteiger partial charge in [-0.05, 0) is 23.3 Å². The lowest BCUT2D eigenvalue weighted by Gasteiger charge is -2.25. The lowest BCUT2D eigenvalue weighted by molar-refractivity contribution is 0.0322. The van der Waals surface area contributed by atoms with Crippen LogP contribution < -0.4 is 14.2 Å². The molecular weight excluding hydrogens is 342 g/mol. The highest BCUT2D eigenvalue weighted by atomic mass is 32.2. The smallest absolute Gasteiger partial charge is 0.240 e. The van der Waals surface area contributed by atoms with Crippen molar-refractivity contribution in [3.05, 3.63) is 53.6 Å². The Bertz CT molecular complexity index is 881. The Hall–Kier alpha value is -2.09. The van der Waals surface area contributed by atoms with E-state index in [1.54, 1.807) is 6.07 Å². The third-order valence-corrected chi connectivity index (χ3v) is 5.79. The molecule has 7 heteroatoms. The van der Waals surface area contributed by atoms with Crippen LogP contribution in [-0.2, 0) is 27.8 Å². The van der Waals surface area contributed by atoms with Gasteiger partial charge in [0.25, 0.3) is 0 Å². The van der Waals surface area contributed by atoms with E-state index in [0.717, 1.165) is 5.56 Å². The quantitative estimate of drug-likeness (QED) is 0.900. The fourth-order valence-corrected chi connectivity index (χ4v) is 4.10. The SMILES string of the molecule is O=S(=O)(NC[C@H]1Cc2ccccc2CO1)c1ccc2c(c1)OCCO2. The van der Waals surface area contributed by atoms with Gasteiger partial charge in [-0.2, -0.15) is 0 Å². The Morgan fingerprint density at radius 2 is 1.76 bits per heavy atom. The molecule has 0 aliphatic carbocycles. The first-order valence-electron chi connectivity index (χ1n) is 8.19. The van der Waals surface area contributed by atoms with Gasteiger partial charge in [0.2, 0.25) is 10.0 Å². The Morgan fingerprint density at radius 1 is 1.00 bits per heavy atom. The van der Waals surface area contributed by atoms with E-state index in [9.17, 15) is 8.42 Å². The third kappa shape index (κ3) is 3.49. The standard InChI is InChI=1S/C18H19NO5S/c20-25(21,16-5-6-17-18(10-16)23-8-7-22-17)19-11-15-9-13-3-1-2-4-14(13)12-24-15/h1-6,10,15,19H,7-9,11-12H2/t15-/m1/s1. The molecule has 2 aliphatic heterocycles. The number of hydrogen-bond acceptors (Lipinski definition) is 5. The van der Waals surface area contributed by atoms with Gasteiger partial charge < -0.3 is 14.2 Å². The summed E-state index contributed by atoms with van der Waals surface area (Å²) in [5, 5.41) is 0. The van der Waals surface area contributed by atoms with E-state index in [2.05, 4.69) is 10.8 Å². The average Bonchev–Trinajstić information content (AvgIpc) is 2.66. The van der Waals surface area contributed by atoms with Crippen LogP contribution in [-0.4, -0.2) is 34.3 Å². The van der Waals surface area contributed by atoms with Gasteiger partial charge >= 0.3 is 0 Å². The molecule has 0 saturated heterocycles. The molecule has 132 valence electrons. The predicted octanol–water partition coefficient (Wildman–Crippen LogP) is 1.88. The zero-order valence-electron chi connectivity index (χ0n) is 13.6. The second-order valence-corrected chi connectivity index (χ2v) is 7.83. The summed E-state index contributed by atoms with van der Waals surface area (Å²) in [4.78, 5) is 0.160. The summed E-state index contributed by atoms with van der Waals surface area (Å²) in [6.45, 7) is 1.62. The molecule has 0 fully saturated rings. The number of benzene rings is 2. The van der Waals surface area contributed by atoms with Crippen LogP contribution in [0.3, 0.4) is 0 Å². The highest BCUT2D eigenvalue weighted by Crippen LogP contribution is 2.32. The van der Waals surface area contributed by atoms with Crippen molar-refractivity contribution in [2.45, 2.75) is 24.0 Å². The van der Waals surface area contributed by atoms with Gasteiger partial charge in [0.15, 0.2) is 11.5 Å². The minimum atomic E-state index is -3.64. The Labute approximate surface area is 146 Å². The largest absolute Gasteiger partial charge is 0.486 e. The van der Waals surface area contributed by atoms with Crippen molar-refractivity contribution < 1.29 is 22.6 Å². The van der Waals surface area contributed by atoms with Gasteiger partial charge in [-0.25, -0.2) is 13.1 Å². The van der Waals surface area contributed by atoms with E-state index >= 15 is 0 Å². The maximum absolute atomic E-state index is 12.5. The molecule has 0 spiro atoms. The highest BCUT2D eigenvalue weighted by molar-refractivity contribution is 7.89. The summed E-state index contributed by atoms with van der Waals surface area (Å²) in [7, 11) is -3.64. The van der Waals surface area contributed by atoms with E-state index in [1.807, 2.05) is 18.2 Å². The van der Waals surface area contributed by atoms with Crippen molar-refractivity contribution in [3.8, 4) is 11.5 Å². The summed E-state index contributed by atoms with van der Waals surface area (Å²) in [5.41, 5.74) is 2.37. The molecule has 0 saturated carbocycles. The summed E-state index contributed by atoms with van der Waals surface area (Å²) in [6.07, 6.45) is 0.515. The van der Waals surface area contributed by atoms with Gasteiger partial charge in [0, 0.05) is 19.0 Å². The predicted molar refractivity (Wildman–Crippen MR) is 91.3 cm³/mol. The number of nitrogens with one attached hydrogen (secondary N) is 1. The second kappa shape index (κ2) is 6.67. The van der Waals surface area contributed by atoms with Crippen LogP contribution in [0.15, 0.2) is 47.4 Å². The zero-order valence-corrected chi connectivity index (χ0v) is 14.4. The molecule has 2 aromatic carbocycles. The number of fused-ring (bicyclic) bond motifs is 2. The zero-order chi connectivity index (χ0) is 17.3. The lowest BCUT2D eigenvalue weighted by atomic mass is 9.99. The van der Waals surface area contributed by atoms with Crippen LogP contribution in [0.4, 0.5) is 0 Å². The summed E-state index contributed by atoms with van der Waals surface area (Å²) < 4.78 is 44.3. The number of hydrogen-bond donors (Lipinski definition) is 1. The molecule has 2 aromatic rings. The maximum Gasteiger partial charge on any atom is 0.240 e. The molecule has 0 unspecified atom stereocenters. The van der Waals surface area contributed by atoms with Gasteiger partial charge in [-0.15, -0.1) is 0 Å². The van der Waals surface area contributed by atoms with Crippen molar-refractivity contribution >= 4 is 10.0 Å². The summed E-state index contributed by atoms with van der Waals surface area (Å²) in [5.74, 6) is 1.02. The van der Waals surface area contributed by atoms with Crippen molar-refractivity contribution in [3.63, 3.8) is 0 Å². The van der Waals surface area contributed by atoms with E-state index in [-0.39, 0.29) is 17.5 Å². The molecule has 2 heterocycles. The third-order valence-electron chi connectivity index (χ3n) is 4.37. The molecule has 0 bridgehead atoms. The average molecular weight is 361 g/mol. The van der Waals surface area contributed by atoms with Crippen LogP contribution in [0, 0.1) is 0 Å². The molecule has 4 rings (SSSR count). The molecule has 6 nitrogen and oxygen atoms in total. The molecule has 0 radical (unpaired) electrons. The van der Waals surface area contributed by atoms with Gasteiger partial charge in [0.1, 0.15) is 13.2 Å². The van der Waals surface area contributed by atoms with E-state index in [1.165, 1.54) is 17.7 Å². The van der Waals surface area contributed by atoms with Crippen LogP contribution >= 0.6 is 0 Å². The minimum absolute atomic E-state index is 0.160. The van der Waals surface area contributed by atoms with Crippen molar-refractivity contribution in [1.82, 2.24) is 4.72 Å². The molecule has 1 N–H and O–H groups in total. The number of ether oxygens (including phenoxy) is 3. The van der Waals surface area contributed by atoms with Gasteiger partial charge in [-0.3, -0.25) is 0 Å². The topological polar surface area (TPSA) is 73.9 Å². The Kier molecular flexibility index (Phi) is 4.37. The molecule has 0 aromatic heterocycles. The monoisotopic (exact) mass is 361 g/mol. The van der Waals surface area contributed by atoms with Gasteiger partial charge in [-0.1, -0.05) is 24.3 Å². The Morgan fingerprint density at radius 3 is 2.60 bits per heavy atom. The van der Waals surface area contributed by atoms with E-state index in [4.69, 9.17) is 14.2 Å². The fraction of sp³-hybridized carbons (Fsp3) is 0.333. The van der Waals surface area contributed by atoms with Crippen molar-refractivity contribution in [2.75, 3.05) is 19.8 Å². The van der Waals surface area contributed by atoms with Crippen LogP contribution in [0.1, 0.15) is 11.1 Å². The lowest BCUT2D eigenvalue weighted by Crippen LogP contribution is -2.36. The van der Waals surface area contributed by atoms with E-state index in [0.29, 0.717) is 37.7 Å². The first-order valence-corrected chi connectivity index (χ1v) is 9.68. The van der Waals surface area contributed by atoms with Crippen LogP contribution in [0.5, 0.6) is 11.5 Å². The van der Waals surface area contributed by atoms with Crippen LogP contribution in [0.25, 0.3) is 0 Å². The summed E-state index contributed by atoms with van der Waals surface area (Å²) >= 11 is 0. The van der Waals surface area contributed by atoms with Gasteiger partial charge in [0.05, 0.1) is 17.6 Å². The van der Waals surface area contributed by atoms with Crippen molar-refractivity contribution in [1.29, 1.82) is 0 Å². The van der Waals surface area contributed by atoms with Crippen molar-refractivity contribution in [2.24, 2.45) is 0 Å². The number of rotatable bonds is 4. The molecule has 0 amide bonds. The van der Waals surface area contributed by atoms with Crippen LogP contribution in [0.2, 0.25) is 0 Å². The second-order valence-electron chi connectivity index (χ2n) is 6.06. The fourth-order valence-electron chi connectivity index (χ4n) is 3.02. The molecular formula is C18H19NO5S. The maximum atomic E-state index is 12.5. The molecule has 1 atom stereocenters. The normalized spacial score (nSPS) is 19.3.